The number of rotatable bonds is 11. The molecule has 2 saturated heterocycles. The lowest BCUT2D eigenvalue weighted by Gasteiger charge is -2.26. The highest BCUT2D eigenvalue weighted by Crippen LogP contribution is 2.40. The van der Waals surface area contributed by atoms with E-state index in [1.807, 2.05) is 0 Å². The Morgan fingerprint density at radius 1 is 1.08 bits per heavy atom. The van der Waals surface area contributed by atoms with E-state index in [0.717, 1.165) is 30.9 Å². The van der Waals surface area contributed by atoms with Crippen LogP contribution in [-0.2, 0) is 20.5 Å². The molecule has 5 rings (SSSR count). The van der Waals surface area contributed by atoms with Gasteiger partial charge in [-0.15, -0.1) is 0 Å². The number of halogens is 4. The van der Waals surface area contributed by atoms with Gasteiger partial charge in [0.05, 0.1) is 34.3 Å². The van der Waals surface area contributed by atoms with Gasteiger partial charge in [0.15, 0.2) is 0 Å². The Bertz CT molecular complexity index is 1760. The zero-order valence-corrected chi connectivity index (χ0v) is 27.6. The number of alkyl halides is 3. The first-order chi connectivity index (χ1) is 22.9. The number of hydrogen-bond acceptors (Lipinski definition) is 8. The number of amides is 2. The van der Waals surface area contributed by atoms with Gasteiger partial charge in [0.25, 0.3) is 5.91 Å². The molecule has 15 heteroatoms. The van der Waals surface area contributed by atoms with E-state index in [4.69, 9.17) is 38.4 Å². The van der Waals surface area contributed by atoms with Crippen LogP contribution in [0.4, 0.5) is 18.9 Å². The minimum absolute atomic E-state index is 0.00230. The molecule has 9 nitrogen and oxygen atoms in total. The van der Waals surface area contributed by atoms with Gasteiger partial charge in [-0.1, -0.05) is 53.8 Å². The van der Waals surface area contributed by atoms with Gasteiger partial charge in [-0.25, -0.2) is 4.79 Å². The van der Waals surface area contributed by atoms with E-state index in [1.54, 1.807) is 30.3 Å². The molecule has 2 aliphatic heterocycles. The van der Waals surface area contributed by atoms with Crippen LogP contribution in [0.25, 0.3) is 17.2 Å². The van der Waals surface area contributed by atoms with Gasteiger partial charge in [0.2, 0.25) is 5.91 Å². The topological polar surface area (TPSA) is 108 Å². The van der Waals surface area contributed by atoms with Gasteiger partial charge in [-0.2, -0.15) is 13.2 Å². The van der Waals surface area contributed by atoms with Gasteiger partial charge >= 0.3 is 12.1 Å². The van der Waals surface area contributed by atoms with Crippen LogP contribution in [0, 0.1) is 0 Å². The number of anilines is 1. The predicted octanol–water partition coefficient (Wildman–Crippen LogP) is 6.67. The van der Waals surface area contributed by atoms with Crippen LogP contribution in [0.5, 0.6) is 5.75 Å². The van der Waals surface area contributed by atoms with Crippen molar-refractivity contribution >= 4 is 69.4 Å². The molecule has 0 atom stereocenters. The van der Waals surface area contributed by atoms with Crippen molar-refractivity contribution in [2.75, 3.05) is 51.3 Å². The van der Waals surface area contributed by atoms with E-state index < -0.39 is 34.5 Å². The highest BCUT2D eigenvalue weighted by molar-refractivity contribution is 8.26. The number of carboxylic acid groups (broad SMARTS) is 1. The molecule has 3 aromatic carbocycles. The zero-order chi connectivity index (χ0) is 34.4. The smallest absolute Gasteiger partial charge is 0.417 e. The molecule has 2 heterocycles. The molecule has 0 spiro atoms. The highest BCUT2D eigenvalue weighted by Gasteiger charge is 2.34. The van der Waals surface area contributed by atoms with Crippen molar-refractivity contribution < 1.29 is 42.1 Å². The second-order valence-corrected chi connectivity index (χ2v) is 12.9. The van der Waals surface area contributed by atoms with Crippen molar-refractivity contribution in [3.8, 4) is 16.9 Å². The van der Waals surface area contributed by atoms with Crippen molar-refractivity contribution in [3.05, 3.63) is 87.3 Å². The van der Waals surface area contributed by atoms with E-state index in [1.165, 1.54) is 35.2 Å². The van der Waals surface area contributed by atoms with Gasteiger partial charge < -0.3 is 19.9 Å². The predicted molar refractivity (Wildman–Crippen MR) is 181 cm³/mol. The number of hydrogen-bond donors (Lipinski definition) is 2. The summed E-state index contributed by atoms with van der Waals surface area (Å²) in [7, 11) is 0. The summed E-state index contributed by atoms with van der Waals surface area (Å²) in [5.41, 5.74) is 0.830. The number of aromatic carboxylic acids is 1. The van der Waals surface area contributed by atoms with Crippen molar-refractivity contribution in [1.82, 2.24) is 9.80 Å². The molecular weight excluding hydrogens is 691 g/mol. The number of ether oxygens (including phenoxy) is 2. The van der Waals surface area contributed by atoms with Gasteiger partial charge in [-0.3, -0.25) is 19.4 Å². The van der Waals surface area contributed by atoms with Gasteiger partial charge in [0, 0.05) is 43.9 Å². The lowest BCUT2D eigenvalue weighted by atomic mass is 10.00. The quantitative estimate of drug-likeness (QED) is 0.166. The van der Waals surface area contributed by atoms with Crippen LogP contribution in [0.3, 0.4) is 0 Å². The molecular formula is C33H29ClF3N3O6S2. The average molecular weight is 720 g/mol. The molecule has 2 amide bonds. The van der Waals surface area contributed by atoms with E-state index in [9.17, 15) is 27.6 Å². The third-order valence-corrected chi connectivity index (χ3v) is 9.18. The van der Waals surface area contributed by atoms with Crippen LogP contribution in [0.2, 0.25) is 5.02 Å². The van der Waals surface area contributed by atoms with Gasteiger partial charge in [-0.05, 0) is 59.7 Å². The first-order valence-electron chi connectivity index (χ1n) is 14.7. The number of morpholine rings is 1. The Balaban J connectivity index is 1.32. The Morgan fingerprint density at radius 3 is 2.56 bits per heavy atom. The third-order valence-electron chi connectivity index (χ3n) is 7.48. The minimum atomic E-state index is -4.62. The van der Waals surface area contributed by atoms with E-state index in [-0.39, 0.29) is 22.8 Å². The second-order valence-electron chi connectivity index (χ2n) is 10.8. The number of carbonyl (C=O) groups is 3. The first kappa shape index (κ1) is 35.4. The van der Waals surface area contributed by atoms with Crippen LogP contribution in [0.1, 0.15) is 27.9 Å². The Hall–Kier alpha value is -3.95. The summed E-state index contributed by atoms with van der Waals surface area (Å²) in [6.07, 6.45) is -3.09. The standard InChI is InChI=1S/C33H29ClF3N3O6S2/c34-26-19-21(5-6-25(26)33(35,36)37)24-16-20(4-7-27(24)46-15-12-39-10-13-45-14-11-39)17-28-30(42)40(32(47)48-28)9-8-29(41)38-23-3-1-2-22(18-23)31(43)44/h1-7,16-19H,8-15H2,(H,38,41)(H,43,44). The SMILES string of the molecule is O=C(CCN1C(=O)C(=Cc2ccc(OCCN3CCOCC3)c(-c3ccc(C(F)(F)F)c(Cl)c3)c2)SC1=S)Nc1cccc(C(=O)O)c1. The average Bonchev–Trinajstić information content (AvgIpc) is 3.31. The number of benzene rings is 3. The fraction of sp³-hybridized carbons (Fsp3) is 0.273. The third kappa shape index (κ3) is 8.94. The number of carboxylic acids is 1. The molecule has 0 saturated carbocycles. The number of nitrogens with one attached hydrogen (secondary N) is 1. The summed E-state index contributed by atoms with van der Waals surface area (Å²) in [6.45, 7) is 3.77. The van der Waals surface area contributed by atoms with Gasteiger partial charge in [0.1, 0.15) is 16.7 Å². The lowest BCUT2D eigenvalue weighted by Crippen LogP contribution is -2.38. The van der Waals surface area contributed by atoms with Crippen LogP contribution in [-0.4, -0.2) is 83.0 Å². The monoisotopic (exact) mass is 719 g/mol. The molecule has 2 aliphatic rings. The Labute approximate surface area is 288 Å². The van der Waals surface area contributed by atoms with E-state index in [0.29, 0.717) is 59.4 Å². The van der Waals surface area contributed by atoms with Crippen molar-refractivity contribution in [2.24, 2.45) is 0 Å². The van der Waals surface area contributed by atoms with Crippen LogP contribution >= 0.6 is 35.6 Å². The maximum absolute atomic E-state index is 13.4. The van der Waals surface area contributed by atoms with Crippen molar-refractivity contribution in [1.29, 1.82) is 0 Å². The summed E-state index contributed by atoms with van der Waals surface area (Å²) in [6, 6.07) is 14.4. The highest BCUT2D eigenvalue weighted by atomic mass is 35.5. The number of nitrogens with zero attached hydrogens (tertiary/aromatic N) is 2. The Kier molecular flexibility index (Phi) is 11.4. The van der Waals surface area contributed by atoms with Crippen molar-refractivity contribution in [3.63, 3.8) is 0 Å². The fourth-order valence-electron chi connectivity index (χ4n) is 5.02. The summed E-state index contributed by atoms with van der Waals surface area (Å²) in [5, 5.41) is 11.3. The molecule has 0 unspecified atom stereocenters. The van der Waals surface area contributed by atoms with Crippen LogP contribution < -0.4 is 10.1 Å². The normalized spacial score (nSPS) is 16.4. The molecule has 3 aromatic rings. The molecule has 0 bridgehead atoms. The minimum Gasteiger partial charge on any atom is -0.492 e. The summed E-state index contributed by atoms with van der Waals surface area (Å²) in [4.78, 5) is 40.8. The largest absolute Gasteiger partial charge is 0.492 e. The van der Waals surface area contributed by atoms with E-state index in [2.05, 4.69) is 10.2 Å². The molecule has 48 heavy (non-hydrogen) atoms. The summed E-state index contributed by atoms with van der Waals surface area (Å²) in [5.74, 6) is -1.53. The molecule has 0 aromatic heterocycles. The number of thioether (sulfide) groups is 1. The first-order valence-corrected chi connectivity index (χ1v) is 16.3. The molecule has 252 valence electrons. The zero-order valence-electron chi connectivity index (χ0n) is 25.2. The van der Waals surface area contributed by atoms with Crippen LogP contribution in [0.15, 0.2) is 65.6 Å². The Morgan fingerprint density at radius 2 is 1.85 bits per heavy atom. The molecule has 2 N–H and O–H groups in total. The van der Waals surface area contributed by atoms with E-state index >= 15 is 0 Å². The van der Waals surface area contributed by atoms with Crippen molar-refractivity contribution in [2.45, 2.75) is 12.6 Å². The maximum atomic E-state index is 13.4. The number of carbonyl (C=O) groups excluding carboxylic acids is 2. The fourth-order valence-corrected chi connectivity index (χ4v) is 6.62. The lowest BCUT2D eigenvalue weighted by molar-refractivity contribution is -0.137. The maximum Gasteiger partial charge on any atom is 0.417 e. The molecule has 0 aliphatic carbocycles. The summed E-state index contributed by atoms with van der Waals surface area (Å²) >= 11 is 12.5. The second kappa shape index (κ2) is 15.5. The molecule has 0 radical (unpaired) electrons. The summed E-state index contributed by atoms with van der Waals surface area (Å²) < 4.78 is 52.0. The molecule has 2 fully saturated rings. The number of thiocarbonyl (C=S) groups is 1.